The maximum Gasteiger partial charge on any atom is 0.229 e. The number of para-hydroxylation sites is 1. The lowest BCUT2D eigenvalue weighted by Gasteiger charge is -2.16. The minimum absolute atomic E-state index is 0.617. The average molecular weight is 292 g/mol. The predicted molar refractivity (Wildman–Crippen MR) is 93.0 cm³/mol. The Hall–Kier alpha value is -2.62. The van der Waals surface area contributed by atoms with Gasteiger partial charge in [0.2, 0.25) is 5.95 Å². The Labute approximate surface area is 130 Å². The van der Waals surface area contributed by atoms with Crippen LogP contribution in [0, 0.1) is 0 Å². The summed E-state index contributed by atoms with van der Waals surface area (Å²) < 4.78 is 0. The van der Waals surface area contributed by atoms with Gasteiger partial charge in [0.25, 0.3) is 0 Å². The molecule has 1 aromatic heterocycles. The van der Waals surface area contributed by atoms with E-state index >= 15 is 0 Å². The van der Waals surface area contributed by atoms with Crippen molar-refractivity contribution in [1.82, 2.24) is 9.97 Å². The van der Waals surface area contributed by atoms with E-state index in [0.29, 0.717) is 5.95 Å². The normalized spacial score (nSPS) is 10.7. The Kier molecular flexibility index (Phi) is 3.92. The second kappa shape index (κ2) is 6.02. The summed E-state index contributed by atoms with van der Waals surface area (Å²) in [5.74, 6) is 1.53. The van der Waals surface area contributed by atoms with E-state index in [1.165, 1.54) is 5.56 Å². The number of aromatic nitrogens is 2. The molecule has 22 heavy (non-hydrogen) atoms. The maximum atomic E-state index is 4.64. The minimum atomic E-state index is 0.617. The third-order valence-corrected chi connectivity index (χ3v) is 3.63. The third kappa shape index (κ3) is 2.86. The first kappa shape index (κ1) is 14.3. The fourth-order valence-corrected chi connectivity index (χ4v) is 2.41. The van der Waals surface area contributed by atoms with Crippen LogP contribution in [0.15, 0.2) is 48.5 Å². The predicted octanol–water partition coefficient (Wildman–Crippen LogP) is 4.00. The summed E-state index contributed by atoms with van der Waals surface area (Å²) in [6.07, 6.45) is 1.04. The van der Waals surface area contributed by atoms with Crippen LogP contribution in [0.25, 0.3) is 10.9 Å². The van der Waals surface area contributed by atoms with Crippen LogP contribution in [0.2, 0.25) is 0 Å². The molecule has 112 valence electrons. The molecule has 2 aromatic carbocycles. The van der Waals surface area contributed by atoms with Crippen LogP contribution in [0.1, 0.15) is 12.5 Å². The second-order valence-corrected chi connectivity index (χ2v) is 5.46. The molecule has 0 bridgehead atoms. The smallest absolute Gasteiger partial charge is 0.229 e. The molecule has 0 saturated heterocycles. The van der Waals surface area contributed by atoms with Gasteiger partial charge in [-0.3, -0.25) is 0 Å². The van der Waals surface area contributed by atoms with Crippen LogP contribution >= 0.6 is 0 Å². The number of hydrogen-bond donors (Lipinski definition) is 1. The van der Waals surface area contributed by atoms with Crippen molar-refractivity contribution in [1.29, 1.82) is 0 Å². The molecule has 0 amide bonds. The number of aryl methyl sites for hydroxylation is 1. The molecule has 3 aromatic rings. The largest absolute Gasteiger partial charge is 0.362 e. The molecule has 0 unspecified atom stereocenters. The van der Waals surface area contributed by atoms with E-state index in [4.69, 9.17) is 0 Å². The molecule has 0 aliphatic heterocycles. The van der Waals surface area contributed by atoms with Gasteiger partial charge in [0, 0.05) is 25.2 Å². The number of hydrogen-bond acceptors (Lipinski definition) is 4. The van der Waals surface area contributed by atoms with E-state index in [0.717, 1.165) is 28.8 Å². The molecule has 1 heterocycles. The lowest BCUT2D eigenvalue weighted by atomic mass is 10.1. The van der Waals surface area contributed by atoms with Gasteiger partial charge < -0.3 is 10.2 Å². The quantitative estimate of drug-likeness (QED) is 0.789. The zero-order chi connectivity index (χ0) is 15.5. The second-order valence-electron chi connectivity index (χ2n) is 5.46. The monoisotopic (exact) mass is 292 g/mol. The summed E-state index contributed by atoms with van der Waals surface area (Å²) in [5, 5.41) is 4.35. The summed E-state index contributed by atoms with van der Waals surface area (Å²) in [6.45, 7) is 2.15. The van der Waals surface area contributed by atoms with Crippen LogP contribution in [0.4, 0.5) is 17.5 Å². The molecule has 4 heteroatoms. The lowest BCUT2D eigenvalue weighted by molar-refractivity contribution is 1.06. The van der Waals surface area contributed by atoms with E-state index < -0.39 is 0 Å². The molecule has 0 saturated carbocycles. The minimum Gasteiger partial charge on any atom is -0.362 e. The van der Waals surface area contributed by atoms with E-state index in [2.05, 4.69) is 46.5 Å². The van der Waals surface area contributed by atoms with E-state index in [9.17, 15) is 0 Å². The lowest BCUT2D eigenvalue weighted by Crippen LogP contribution is -2.13. The van der Waals surface area contributed by atoms with E-state index in [1.807, 2.05) is 43.3 Å². The molecule has 0 spiro atoms. The van der Waals surface area contributed by atoms with Crippen LogP contribution < -0.4 is 10.2 Å². The van der Waals surface area contributed by atoms with Gasteiger partial charge in [-0.15, -0.1) is 0 Å². The first-order valence-electron chi connectivity index (χ1n) is 7.47. The highest BCUT2D eigenvalue weighted by atomic mass is 15.2. The SMILES string of the molecule is CCc1ccc(Nc2nc(N(C)C)c3ccccc3n2)cc1. The van der Waals surface area contributed by atoms with Gasteiger partial charge >= 0.3 is 0 Å². The van der Waals surface area contributed by atoms with Crippen molar-refractivity contribution in [3.63, 3.8) is 0 Å². The molecule has 0 atom stereocenters. The number of nitrogens with one attached hydrogen (secondary N) is 1. The molecular formula is C18H20N4. The van der Waals surface area contributed by atoms with Crippen LogP contribution in [-0.4, -0.2) is 24.1 Å². The molecule has 3 rings (SSSR count). The summed E-state index contributed by atoms with van der Waals surface area (Å²) in [4.78, 5) is 11.3. The van der Waals surface area contributed by atoms with Gasteiger partial charge in [0.05, 0.1) is 5.52 Å². The van der Waals surface area contributed by atoms with Crippen molar-refractivity contribution in [3.05, 3.63) is 54.1 Å². The van der Waals surface area contributed by atoms with Crippen molar-refractivity contribution >= 4 is 28.4 Å². The number of anilines is 3. The molecule has 1 N–H and O–H groups in total. The first-order chi connectivity index (χ1) is 10.7. The van der Waals surface area contributed by atoms with Gasteiger partial charge in [0.15, 0.2) is 0 Å². The molecule has 0 aliphatic rings. The average Bonchev–Trinajstić information content (AvgIpc) is 2.54. The number of rotatable bonds is 4. The molecular weight excluding hydrogens is 272 g/mol. The standard InChI is InChI=1S/C18H20N4/c1-4-13-9-11-14(12-10-13)19-18-20-16-8-6-5-7-15(16)17(21-18)22(2)3/h5-12H,4H2,1-3H3,(H,19,20,21). The van der Waals surface area contributed by atoms with Gasteiger partial charge in [-0.05, 0) is 36.2 Å². The van der Waals surface area contributed by atoms with Crippen molar-refractivity contribution in [3.8, 4) is 0 Å². The van der Waals surface area contributed by atoms with Gasteiger partial charge in [0.1, 0.15) is 5.82 Å². The Morgan fingerprint density at radius 2 is 1.68 bits per heavy atom. The van der Waals surface area contributed by atoms with Gasteiger partial charge in [-0.1, -0.05) is 31.2 Å². The van der Waals surface area contributed by atoms with Gasteiger partial charge in [-0.25, -0.2) is 4.98 Å². The molecule has 0 aliphatic carbocycles. The highest BCUT2D eigenvalue weighted by Gasteiger charge is 2.09. The maximum absolute atomic E-state index is 4.64. The van der Waals surface area contributed by atoms with Gasteiger partial charge in [-0.2, -0.15) is 4.98 Å². The fraction of sp³-hybridized carbons (Fsp3) is 0.222. The summed E-state index contributed by atoms with van der Waals surface area (Å²) in [5.41, 5.74) is 3.25. The number of fused-ring (bicyclic) bond motifs is 1. The topological polar surface area (TPSA) is 41.1 Å². The zero-order valence-electron chi connectivity index (χ0n) is 13.2. The molecule has 0 fully saturated rings. The van der Waals surface area contributed by atoms with E-state index in [-0.39, 0.29) is 0 Å². The highest BCUT2D eigenvalue weighted by Crippen LogP contribution is 2.25. The van der Waals surface area contributed by atoms with Crippen molar-refractivity contribution in [2.24, 2.45) is 0 Å². The summed E-state index contributed by atoms with van der Waals surface area (Å²) in [7, 11) is 3.99. The molecule has 0 radical (unpaired) electrons. The van der Waals surface area contributed by atoms with Crippen LogP contribution in [0.5, 0.6) is 0 Å². The number of nitrogens with zero attached hydrogens (tertiary/aromatic N) is 3. The third-order valence-electron chi connectivity index (χ3n) is 3.63. The number of benzene rings is 2. The Bertz CT molecular complexity index is 779. The molecule has 4 nitrogen and oxygen atoms in total. The Morgan fingerprint density at radius 1 is 0.955 bits per heavy atom. The van der Waals surface area contributed by atoms with Crippen molar-refractivity contribution < 1.29 is 0 Å². The Balaban J connectivity index is 1.99. The first-order valence-corrected chi connectivity index (χ1v) is 7.47. The fourth-order valence-electron chi connectivity index (χ4n) is 2.41. The van der Waals surface area contributed by atoms with Crippen molar-refractivity contribution in [2.45, 2.75) is 13.3 Å². The summed E-state index contributed by atoms with van der Waals surface area (Å²) >= 11 is 0. The highest BCUT2D eigenvalue weighted by molar-refractivity contribution is 5.90. The van der Waals surface area contributed by atoms with Crippen molar-refractivity contribution in [2.75, 3.05) is 24.3 Å². The Morgan fingerprint density at radius 3 is 2.36 bits per heavy atom. The zero-order valence-corrected chi connectivity index (χ0v) is 13.2. The van der Waals surface area contributed by atoms with Crippen LogP contribution in [0.3, 0.4) is 0 Å². The van der Waals surface area contributed by atoms with Crippen LogP contribution in [-0.2, 0) is 6.42 Å². The summed E-state index contributed by atoms with van der Waals surface area (Å²) in [6, 6.07) is 16.4. The van der Waals surface area contributed by atoms with E-state index in [1.54, 1.807) is 0 Å².